The highest BCUT2D eigenvalue weighted by atomic mass is 16.5. The van der Waals surface area contributed by atoms with Gasteiger partial charge in [0.15, 0.2) is 0 Å². The van der Waals surface area contributed by atoms with Crippen molar-refractivity contribution in [3.05, 3.63) is 12.2 Å². The molecule has 2 atom stereocenters. The van der Waals surface area contributed by atoms with E-state index in [0.717, 1.165) is 0 Å². The van der Waals surface area contributed by atoms with Gasteiger partial charge in [0.2, 0.25) is 0 Å². The van der Waals surface area contributed by atoms with Gasteiger partial charge >= 0.3 is 0 Å². The lowest BCUT2D eigenvalue weighted by Crippen LogP contribution is -2.40. The Hall–Kier alpha value is -0.340. The first-order valence-electron chi connectivity index (χ1n) is 4.37. The quantitative estimate of drug-likeness (QED) is 0.607. The third-order valence-electron chi connectivity index (χ3n) is 2.69. The third kappa shape index (κ3) is 1.54. The molecule has 2 heteroatoms. The van der Waals surface area contributed by atoms with Crippen molar-refractivity contribution in [2.45, 2.75) is 39.4 Å². The second kappa shape index (κ2) is 2.86. The van der Waals surface area contributed by atoms with Gasteiger partial charge in [-0.3, -0.25) is 0 Å². The summed E-state index contributed by atoms with van der Waals surface area (Å²) in [7, 11) is 0. The molecule has 0 fully saturated rings. The summed E-state index contributed by atoms with van der Waals surface area (Å²) in [5, 5.41) is 8.89. The molecule has 70 valence electrons. The molecule has 0 radical (unpaired) electrons. The molecular weight excluding hydrogens is 152 g/mol. The molecule has 1 rings (SSSR count). The molecule has 1 aliphatic rings. The molecule has 0 amide bonds. The molecule has 2 nitrogen and oxygen atoms in total. The maximum Gasteiger partial charge on any atom is 0.0999 e. The zero-order chi connectivity index (χ0) is 9.41. The number of aliphatic hydroxyl groups excluding tert-OH is 1. The average molecular weight is 170 g/mol. The molecule has 0 aliphatic carbocycles. The Bertz CT molecular complexity index is 191. The SMILES string of the molecule is CC(C)(C)[C@]1(C)C=C[C@@H](CO)O1. The maximum absolute atomic E-state index is 8.89. The second-order valence-corrected chi connectivity index (χ2v) is 4.56. The van der Waals surface area contributed by atoms with Crippen LogP contribution in [0.1, 0.15) is 27.7 Å². The van der Waals surface area contributed by atoms with Gasteiger partial charge < -0.3 is 9.84 Å². The molecule has 0 aromatic rings. The first-order chi connectivity index (χ1) is 5.39. The van der Waals surface area contributed by atoms with Crippen LogP contribution in [0.2, 0.25) is 0 Å². The van der Waals surface area contributed by atoms with Crippen molar-refractivity contribution in [1.82, 2.24) is 0 Å². The molecule has 0 aromatic heterocycles. The summed E-state index contributed by atoms with van der Waals surface area (Å²) < 4.78 is 5.70. The maximum atomic E-state index is 8.89. The van der Waals surface area contributed by atoms with Crippen LogP contribution in [0.3, 0.4) is 0 Å². The Morgan fingerprint density at radius 2 is 2.08 bits per heavy atom. The van der Waals surface area contributed by atoms with E-state index in [4.69, 9.17) is 9.84 Å². The number of hydrogen-bond acceptors (Lipinski definition) is 2. The Balaban J connectivity index is 2.73. The van der Waals surface area contributed by atoms with Gasteiger partial charge in [-0.25, -0.2) is 0 Å². The molecule has 0 saturated heterocycles. The van der Waals surface area contributed by atoms with E-state index in [-0.39, 0.29) is 23.7 Å². The van der Waals surface area contributed by atoms with E-state index in [1.807, 2.05) is 12.2 Å². The van der Waals surface area contributed by atoms with Crippen LogP contribution >= 0.6 is 0 Å². The summed E-state index contributed by atoms with van der Waals surface area (Å²) in [5.74, 6) is 0. The standard InChI is InChI=1S/C10H18O2/c1-9(2,3)10(4)6-5-8(7-11)12-10/h5-6,8,11H,7H2,1-4H3/t8-,10-/m0/s1. The molecule has 1 aliphatic heterocycles. The second-order valence-electron chi connectivity index (χ2n) is 4.56. The molecule has 0 aromatic carbocycles. The Labute approximate surface area is 74.2 Å². The van der Waals surface area contributed by atoms with Crippen LogP contribution in [0, 0.1) is 5.41 Å². The van der Waals surface area contributed by atoms with Crippen molar-refractivity contribution in [2.75, 3.05) is 6.61 Å². The largest absolute Gasteiger partial charge is 0.393 e. The van der Waals surface area contributed by atoms with E-state index < -0.39 is 0 Å². The summed E-state index contributed by atoms with van der Waals surface area (Å²) in [6, 6.07) is 0. The Morgan fingerprint density at radius 3 is 2.33 bits per heavy atom. The lowest BCUT2D eigenvalue weighted by molar-refractivity contribution is -0.0900. The van der Waals surface area contributed by atoms with Crippen LogP contribution < -0.4 is 0 Å². The van der Waals surface area contributed by atoms with E-state index >= 15 is 0 Å². The van der Waals surface area contributed by atoms with E-state index in [1.54, 1.807) is 0 Å². The summed E-state index contributed by atoms with van der Waals surface area (Å²) in [6.45, 7) is 8.53. The predicted octanol–water partition coefficient (Wildman–Crippen LogP) is 1.74. The zero-order valence-corrected chi connectivity index (χ0v) is 8.29. The van der Waals surface area contributed by atoms with Crippen molar-refractivity contribution >= 4 is 0 Å². The first kappa shape index (κ1) is 9.75. The Kier molecular flexibility index (Phi) is 2.32. The van der Waals surface area contributed by atoms with Crippen LogP contribution in [0.25, 0.3) is 0 Å². The van der Waals surface area contributed by atoms with Gasteiger partial charge in [-0.2, -0.15) is 0 Å². The van der Waals surface area contributed by atoms with Gasteiger partial charge in [-0.15, -0.1) is 0 Å². The first-order valence-corrected chi connectivity index (χ1v) is 4.37. The van der Waals surface area contributed by atoms with E-state index in [1.165, 1.54) is 0 Å². The topological polar surface area (TPSA) is 29.5 Å². The Morgan fingerprint density at radius 1 is 1.50 bits per heavy atom. The molecule has 1 heterocycles. The highest BCUT2D eigenvalue weighted by Crippen LogP contribution is 2.39. The monoisotopic (exact) mass is 170 g/mol. The van der Waals surface area contributed by atoms with Gasteiger partial charge in [0.1, 0.15) is 0 Å². The molecule has 0 spiro atoms. The molecule has 0 unspecified atom stereocenters. The van der Waals surface area contributed by atoms with Crippen molar-refractivity contribution in [3.8, 4) is 0 Å². The number of rotatable bonds is 1. The van der Waals surface area contributed by atoms with Gasteiger partial charge in [0.05, 0.1) is 18.3 Å². The van der Waals surface area contributed by atoms with Crippen LogP contribution in [0.4, 0.5) is 0 Å². The van der Waals surface area contributed by atoms with Gasteiger partial charge in [0.25, 0.3) is 0 Å². The highest BCUT2D eigenvalue weighted by molar-refractivity contribution is 5.14. The van der Waals surface area contributed by atoms with Crippen molar-refractivity contribution in [3.63, 3.8) is 0 Å². The minimum atomic E-state index is -0.236. The fraction of sp³-hybridized carbons (Fsp3) is 0.800. The minimum Gasteiger partial charge on any atom is -0.393 e. The smallest absolute Gasteiger partial charge is 0.0999 e. The van der Waals surface area contributed by atoms with Crippen LogP contribution in [-0.2, 0) is 4.74 Å². The lowest BCUT2D eigenvalue weighted by Gasteiger charge is -2.37. The highest BCUT2D eigenvalue weighted by Gasteiger charge is 2.40. The molecule has 12 heavy (non-hydrogen) atoms. The average Bonchev–Trinajstić information content (AvgIpc) is 2.31. The summed E-state index contributed by atoms with van der Waals surface area (Å²) in [6.07, 6.45) is 3.87. The third-order valence-corrected chi connectivity index (χ3v) is 2.69. The fourth-order valence-corrected chi connectivity index (χ4v) is 1.21. The van der Waals surface area contributed by atoms with Crippen molar-refractivity contribution < 1.29 is 9.84 Å². The van der Waals surface area contributed by atoms with Crippen LogP contribution in [0.5, 0.6) is 0 Å². The summed E-state index contributed by atoms with van der Waals surface area (Å²) in [5.41, 5.74) is -0.159. The molecular formula is C10H18O2. The normalized spacial score (nSPS) is 35.9. The van der Waals surface area contributed by atoms with E-state index in [0.29, 0.717) is 0 Å². The summed E-state index contributed by atoms with van der Waals surface area (Å²) in [4.78, 5) is 0. The number of hydrogen-bond donors (Lipinski definition) is 1. The zero-order valence-electron chi connectivity index (χ0n) is 8.29. The lowest BCUT2D eigenvalue weighted by atomic mass is 9.78. The van der Waals surface area contributed by atoms with Gasteiger partial charge in [-0.05, 0) is 12.3 Å². The van der Waals surface area contributed by atoms with E-state index in [9.17, 15) is 0 Å². The van der Waals surface area contributed by atoms with Crippen molar-refractivity contribution in [2.24, 2.45) is 5.41 Å². The molecule has 0 saturated carbocycles. The van der Waals surface area contributed by atoms with Crippen LogP contribution in [-0.4, -0.2) is 23.4 Å². The fourth-order valence-electron chi connectivity index (χ4n) is 1.21. The molecule has 1 N–H and O–H groups in total. The van der Waals surface area contributed by atoms with E-state index in [2.05, 4.69) is 27.7 Å². The predicted molar refractivity (Wildman–Crippen MR) is 49.0 cm³/mol. The van der Waals surface area contributed by atoms with Crippen molar-refractivity contribution in [1.29, 1.82) is 0 Å². The van der Waals surface area contributed by atoms with Gasteiger partial charge in [0, 0.05) is 0 Å². The minimum absolute atomic E-state index is 0.0716. The summed E-state index contributed by atoms with van der Waals surface area (Å²) >= 11 is 0. The number of aliphatic hydroxyl groups is 1. The van der Waals surface area contributed by atoms with Crippen LogP contribution in [0.15, 0.2) is 12.2 Å². The molecule has 0 bridgehead atoms. The van der Waals surface area contributed by atoms with Gasteiger partial charge in [-0.1, -0.05) is 32.9 Å². The number of ether oxygens (including phenoxy) is 1.